The van der Waals surface area contributed by atoms with Crippen molar-refractivity contribution in [3.8, 4) is 0 Å². The summed E-state index contributed by atoms with van der Waals surface area (Å²) >= 11 is 0. The first kappa shape index (κ1) is 8.82. The van der Waals surface area contributed by atoms with Gasteiger partial charge in [0, 0.05) is 0 Å². The minimum atomic E-state index is 1.14. The molecule has 0 bridgehead atoms. The largest absolute Gasteiger partial charge is 0.405 e. The molecule has 0 saturated heterocycles. The summed E-state index contributed by atoms with van der Waals surface area (Å²) in [6, 6.07) is 12.8. The van der Waals surface area contributed by atoms with Gasteiger partial charge in [0.25, 0.3) is 0 Å². The van der Waals surface area contributed by atoms with Gasteiger partial charge in [0.1, 0.15) is 0 Å². The Morgan fingerprint density at radius 1 is 1.00 bits per heavy atom. The van der Waals surface area contributed by atoms with Gasteiger partial charge in [-0.2, -0.15) is 0 Å². The number of rotatable bonds is 1. The lowest BCUT2D eigenvalue weighted by molar-refractivity contribution is 1.50. The fourth-order valence-corrected chi connectivity index (χ4v) is 1.60. The number of nitrogens with two attached hydrogens (primary N) is 1. The molecule has 70 valence electrons. The lowest BCUT2D eigenvalue weighted by atomic mass is 10.0. The first-order chi connectivity index (χ1) is 6.79. The van der Waals surface area contributed by atoms with E-state index in [0.29, 0.717) is 0 Å². The molecule has 0 aromatic heterocycles. The summed E-state index contributed by atoms with van der Waals surface area (Å²) < 4.78 is 0. The molecule has 0 heterocycles. The number of benzene rings is 2. The first-order valence-corrected chi connectivity index (χ1v) is 4.68. The van der Waals surface area contributed by atoms with Crippen LogP contribution >= 0.6 is 0 Å². The summed E-state index contributed by atoms with van der Waals surface area (Å²) in [6.07, 6.45) is 3.47. The minimum absolute atomic E-state index is 1.14. The summed E-state index contributed by atoms with van der Waals surface area (Å²) in [5, 5.41) is 2.53. The van der Waals surface area contributed by atoms with E-state index in [9.17, 15) is 0 Å². The van der Waals surface area contributed by atoms with Crippen molar-refractivity contribution in [3.05, 3.63) is 53.7 Å². The molecule has 0 spiro atoms. The molecular formula is C13H13N. The molecule has 0 aliphatic rings. The Hall–Kier alpha value is -1.76. The molecule has 0 unspecified atom stereocenters. The molecule has 0 fully saturated rings. The molecule has 2 aromatic rings. The molecule has 0 aliphatic carbocycles. The highest BCUT2D eigenvalue weighted by Gasteiger charge is 1.94. The van der Waals surface area contributed by atoms with Crippen molar-refractivity contribution >= 4 is 16.8 Å². The SMILES string of the molecule is Cc1ccc2cc(/C=C/N)ccc2c1. The molecule has 14 heavy (non-hydrogen) atoms. The van der Waals surface area contributed by atoms with Crippen LogP contribution in [0.3, 0.4) is 0 Å². The van der Waals surface area contributed by atoms with Gasteiger partial charge in [0.05, 0.1) is 0 Å². The van der Waals surface area contributed by atoms with Gasteiger partial charge in [-0.05, 0) is 41.6 Å². The summed E-state index contributed by atoms with van der Waals surface area (Å²) in [4.78, 5) is 0. The van der Waals surface area contributed by atoms with Crippen molar-refractivity contribution in [2.45, 2.75) is 6.92 Å². The molecule has 0 saturated carbocycles. The molecule has 2 rings (SSSR count). The molecular weight excluding hydrogens is 170 g/mol. The van der Waals surface area contributed by atoms with Crippen LogP contribution in [0, 0.1) is 6.92 Å². The van der Waals surface area contributed by atoms with Crippen LogP contribution in [0.5, 0.6) is 0 Å². The predicted octanol–water partition coefficient (Wildman–Crippen LogP) is 3.08. The van der Waals surface area contributed by atoms with Gasteiger partial charge < -0.3 is 5.73 Å². The zero-order valence-corrected chi connectivity index (χ0v) is 8.20. The maximum atomic E-state index is 5.35. The van der Waals surface area contributed by atoms with Crippen molar-refractivity contribution in [1.82, 2.24) is 0 Å². The molecule has 1 heteroatoms. The lowest BCUT2D eigenvalue weighted by Gasteiger charge is -2.00. The summed E-state index contributed by atoms with van der Waals surface area (Å²) in [6.45, 7) is 2.10. The average molecular weight is 183 g/mol. The third-order valence-corrected chi connectivity index (χ3v) is 2.31. The van der Waals surface area contributed by atoms with E-state index in [-0.39, 0.29) is 0 Å². The Labute approximate surface area is 83.9 Å². The van der Waals surface area contributed by atoms with Gasteiger partial charge in [-0.1, -0.05) is 35.9 Å². The number of aryl methyl sites for hydroxylation is 1. The van der Waals surface area contributed by atoms with Crippen LogP contribution in [0.15, 0.2) is 42.6 Å². The quantitative estimate of drug-likeness (QED) is 0.722. The fraction of sp³-hybridized carbons (Fsp3) is 0.0769. The van der Waals surface area contributed by atoms with Crippen molar-refractivity contribution < 1.29 is 0 Å². The van der Waals surface area contributed by atoms with E-state index >= 15 is 0 Å². The van der Waals surface area contributed by atoms with Crippen LogP contribution in [0.4, 0.5) is 0 Å². The van der Waals surface area contributed by atoms with E-state index in [1.165, 1.54) is 16.3 Å². The van der Waals surface area contributed by atoms with Crippen molar-refractivity contribution in [3.63, 3.8) is 0 Å². The second-order valence-corrected chi connectivity index (χ2v) is 3.47. The molecule has 0 atom stereocenters. The van der Waals surface area contributed by atoms with Crippen LogP contribution in [-0.4, -0.2) is 0 Å². The van der Waals surface area contributed by atoms with Crippen LogP contribution in [0.25, 0.3) is 16.8 Å². The second-order valence-electron chi connectivity index (χ2n) is 3.47. The highest BCUT2D eigenvalue weighted by atomic mass is 14.5. The van der Waals surface area contributed by atoms with Crippen molar-refractivity contribution in [1.29, 1.82) is 0 Å². The zero-order chi connectivity index (χ0) is 9.97. The molecule has 0 radical (unpaired) electrons. The van der Waals surface area contributed by atoms with Gasteiger partial charge in [-0.25, -0.2) is 0 Å². The van der Waals surface area contributed by atoms with Crippen molar-refractivity contribution in [2.24, 2.45) is 5.73 Å². The Kier molecular flexibility index (Phi) is 2.23. The number of hydrogen-bond acceptors (Lipinski definition) is 1. The van der Waals surface area contributed by atoms with E-state index in [0.717, 1.165) is 5.56 Å². The lowest BCUT2D eigenvalue weighted by Crippen LogP contribution is -1.80. The molecule has 2 N–H and O–H groups in total. The van der Waals surface area contributed by atoms with E-state index in [1.807, 2.05) is 6.08 Å². The Balaban J connectivity index is 2.61. The number of hydrogen-bond donors (Lipinski definition) is 1. The minimum Gasteiger partial charge on any atom is -0.405 e. The van der Waals surface area contributed by atoms with Crippen LogP contribution in [0.1, 0.15) is 11.1 Å². The summed E-state index contributed by atoms with van der Waals surface area (Å²) in [7, 11) is 0. The summed E-state index contributed by atoms with van der Waals surface area (Å²) in [5.41, 5.74) is 7.78. The van der Waals surface area contributed by atoms with Crippen LogP contribution in [-0.2, 0) is 0 Å². The van der Waals surface area contributed by atoms with Gasteiger partial charge in [0.15, 0.2) is 0 Å². The number of fused-ring (bicyclic) bond motifs is 1. The Morgan fingerprint density at radius 3 is 2.50 bits per heavy atom. The predicted molar refractivity (Wildman–Crippen MR) is 61.9 cm³/mol. The smallest absolute Gasteiger partial charge is 0.00564 e. The van der Waals surface area contributed by atoms with Crippen LogP contribution < -0.4 is 5.73 Å². The second kappa shape index (κ2) is 3.54. The van der Waals surface area contributed by atoms with Crippen LogP contribution in [0.2, 0.25) is 0 Å². The van der Waals surface area contributed by atoms with E-state index in [1.54, 1.807) is 6.20 Å². The van der Waals surface area contributed by atoms with Gasteiger partial charge >= 0.3 is 0 Å². The third kappa shape index (κ3) is 1.62. The maximum Gasteiger partial charge on any atom is -0.00564 e. The third-order valence-electron chi connectivity index (χ3n) is 2.31. The normalized spacial score (nSPS) is 11.2. The Bertz CT molecular complexity index is 484. The molecule has 2 aromatic carbocycles. The fourth-order valence-electron chi connectivity index (χ4n) is 1.60. The zero-order valence-electron chi connectivity index (χ0n) is 8.20. The van der Waals surface area contributed by atoms with E-state index < -0.39 is 0 Å². The molecule has 0 aliphatic heterocycles. The van der Waals surface area contributed by atoms with E-state index in [2.05, 4.69) is 43.3 Å². The van der Waals surface area contributed by atoms with Gasteiger partial charge in [-0.15, -0.1) is 0 Å². The molecule has 1 nitrogen and oxygen atoms in total. The van der Waals surface area contributed by atoms with Gasteiger partial charge in [-0.3, -0.25) is 0 Å². The Morgan fingerprint density at radius 2 is 1.71 bits per heavy atom. The molecule has 0 amide bonds. The highest BCUT2D eigenvalue weighted by Crippen LogP contribution is 2.18. The first-order valence-electron chi connectivity index (χ1n) is 4.68. The van der Waals surface area contributed by atoms with Gasteiger partial charge in [0.2, 0.25) is 0 Å². The average Bonchev–Trinajstić information content (AvgIpc) is 2.19. The standard InChI is InChI=1S/C13H13N/c1-10-2-4-13-9-11(6-7-14)3-5-12(13)8-10/h2-9H,14H2,1H3/b7-6+. The van der Waals surface area contributed by atoms with E-state index in [4.69, 9.17) is 5.73 Å². The maximum absolute atomic E-state index is 5.35. The topological polar surface area (TPSA) is 26.0 Å². The van der Waals surface area contributed by atoms with Crippen molar-refractivity contribution in [2.75, 3.05) is 0 Å². The monoisotopic (exact) mass is 183 g/mol. The summed E-state index contributed by atoms with van der Waals surface area (Å²) in [5.74, 6) is 0. The highest BCUT2D eigenvalue weighted by molar-refractivity contribution is 5.85.